The Morgan fingerprint density at radius 3 is 2.71 bits per heavy atom. The number of amides is 2. The molecule has 0 radical (unpaired) electrons. The first-order valence-electron chi connectivity index (χ1n) is 6.90. The molecule has 0 spiro atoms. The van der Waals surface area contributed by atoms with Gasteiger partial charge >= 0.3 is 0 Å². The first kappa shape index (κ1) is 16.1. The molecule has 1 aromatic rings. The molecule has 21 heavy (non-hydrogen) atoms. The Balaban J connectivity index is 1.98. The van der Waals surface area contributed by atoms with Crippen LogP contribution < -0.4 is 5.73 Å². The molecule has 2 N–H and O–H groups in total. The van der Waals surface area contributed by atoms with Crippen LogP contribution in [0.4, 0.5) is 0 Å². The van der Waals surface area contributed by atoms with E-state index in [4.69, 9.17) is 28.9 Å². The molecule has 0 bridgehead atoms. The van der Waals surface area contributed by atoms with Crippen molar-refractivity contribution in [3.63, 3.8) is 0 Å². The Morgan fingerprint density at radius 2 is 2.14 bits per heavy atom. The van der Waals surface area contributed by atoms with E-state index in [0.29, 0.717) is 36.0 Å². The van der Waals surface area contributed by atoms with Gasteiger partial charge in [-0.3, -0.25) is 9.59 Å². The highest BCUT2D eigenvalue weighted by molar-refractivity contribution is 6.35. The van der Waals surface area contributed by atoms with Gasteiger partial charge in [0.25, 0.3) is 0 Å². The predicted octanol–water partition coefficient (Wildman–Crippen LogP) is 2.51. The Labute approximate surface area is 134 Å². The van der Waals surface area contributed by atoms with Crippen molar-refractivity contribution in [3.8, 4) is 0 Å². The lowest BCUT2D eigenvalue weighted by Gasteiger charge is -2.21. The van der Waals surface area contributed by atoms with E-state index in [-0.39, 0.29) is 23.7 Å². The van der Waals surface area contributed by atoms with E-state index in [2.05, 4.69) is 0 Å². The van der Waals surface area contributed by atoms with E-state index in [9.17, 15) is 9.59 Å². The second-order valence-corrected chi connectivity index (χ2v) is 6.36. The fraction of sp³-hybridized carbons (Fsp3) is 0.467. The quantitative estimate of drug-likeness (QED) is 0.922. The largest absolute Gasteiger partial charge is 0.369 e. The minimum absolute atomic E-state index is 0.0322. The molecule has 4 nitrogen and oxygen atoms in total. The number of hydrogen-bond acceptors (Lipinski definition) is 2. The second-order valence-electron chi connectivity index (χ2n) is 5.51. The van der Waals surface area contributed by atoms with E-state index in [1.54, 1.807) is 17.0 Å². The van der Waals surface area contributed by atoms with Crippen molar-refractivity contribution in [1.82, 2.24) is 4.90 Å². The van der Waals surface area contributed by atoms with Crippen molar-refractivity contribution in [2.75, 3.05) is 13.1 Å². The van der Waals surface area contributed by atoms with Gasteiger partial charge < -0.3 is 10.6 Å². The number of carbonyl (C=O) groups excluding carboxylic acids is 2. The second kappa shape index (κ2) is 6.67. The molecule has 1 aliphatic rings. The zero-order valence-corrected chi connectivity index (χ0v) is 13.3. The first-order chi connectivity index (χ1) is 9.88. The molecule has 1 heterocycles. The molecule has 0 aromatic heterocycles. The summed E-state index contributed by atoms with van der Waals surface area (Å²) in [5, 5.41) is 1.14. The number of rotatable bonds is 4. The molecule has 6 heteroatoms. The van der Waals surface area contributed by atoms with Crippen molar-refractivity contribution < 1.29 is 9.59 Å². The van der Waals surface area contributed by atoms with Crippen LogP contribution in [0.2, 0.25) is 10.0 Å². The van der Waals surface area contributed by atoms with E-state index in [1.165, 1.54) is 0 Å². The summed E-state index contributed by atoms with van der Waals surface area (Å²) in [6, 6.07) is 5.28. The molecule has 0 saturated carbocycles. The molecule has 2 atom stereocenters. The van der Waals surface area contributed by atoms with Crippen LogP contribution in [-0.4, -0.2) is 29.8 Å². The van der Waals surface area contributed by atoms with Crippen molar-refractivity contribution in [1.29, 1.82) is 0 Å². The number of benzene rings is 1. The van der Waals surface area contributed by atoms with Crippen LogP contribution in [0.25, 0.3) is 0 Å². The monoisotopic (exact) mass is 328 g/mol. The molecule has 1 aromatic carbocycles. The van der Waals surface area contributed by atoms with Gasteiger partial charge in [-0.05, 0) is 30.5 Å². The molecule has 2 rings (SSSR count). The lowest BCUT2D eigenvalue weighted by atomic mass is 10.00. The van der Waals surface area contributed by atoms with Gasteiger partial charge in [0.15, 0.2) is 0 Å². The number of carbonyl (C=O) groups is 2. The van der Waals surface area contributed by atoms with Gasteiger partial charge in [0, 0.05) is 29.1 Å². The predicted molar refractivity (Wildman–Crippen MR) is 83.2 cm³/mol. The average Bonchev–Trinajstić information content (AvgIpc) is 2.90. The maximum Gasteiger partial charge on any atom is 0.225 e. The van der Waals surface area contributed by atoms with Gasteiger partial charge in [-0.25, -0.2) is 0 Å². The number of nitrogens with two attached hydrogens (primary N) is 1. The summed E-state index contributed by atoms with van der Waals surface area (Å²) in [4.78, 5) is 25.3. The molecule has 114 valence electrons. The third-order valence-electron chi connectivity index (χ3n) is 3.87. The number of primary amides is 1. The lowest BCUT2D eigenvalue weighted by molar-refractivity contribution is -0.134. The summed E-state index contributed by atoms with van der Waals surface area (Å²) >= 11 is 12.0. The van der Waals surface area contributed by atoms with Gasteiger partial charge in [0.05, 0.1) is 5.92 Å². The Morgan fingerprint density at radius 1 is 1.43 bits per heavy atom. The van der Waals surface area contributed by atoms with Crippen molar-refractivity contribution in [2.24, 2.45) is 17.6 Å². The maximum absolute atomic E-state index is 12.4. The van der Waals surface area contributed by atoms with Gasteiger partial charge in [-0.1, -0.05) is 36.2 Å². The highest BCUT2D eigenvalue weighted by Crippen LogP contribution is 2.25. The van der Waals surface area contributed by atoms with Crippen molar-refractivity contribution >= 4 is 35.0 Å². The standard InChI is InChI=1S/C15H18Cl2N2O2/c1-9(6-10-2-3-12(16)7-13(10)17)15(21)19-5-4-11(8-19)14(18)20/h2-3,7,9,11H,4-6,8H2,1H3,(H2,18,20)/t9-,11-/m1/s1. The van der Waals surface area contributed by atoms with Gasteiger partial charge in [-0.15, -0.1) is 0 Å². The zero-order chi connectivity index (χ0) is 15.6. The van der Waals surface area contributed by atoms with Crippen LogP contribution in [0.1, 0.15) is 18.9 Å². The van der Waals surface area contributed by atoms with Crippen molar-refractivity contribution in [3.05, 3.63) is 33.8 Å². The minimum atomic E-state index is -0.335. The average molecular weight is 329 g/mol. The number of likely N-dealkylation sites (tertiary alicyclic amines) is 1. The first-order valence-corrected chi connectivity index (χ1v) is 7.66. The molecule has 1 aliphatic heterocycles. The molecule has 1 fully saturated rings. The van der Waals surface area contributed by atoms with E-state index in [1.807, 2.05) is 13.0 Å². The maximum atomic E-state index is 12.4. The van der Waals surface area contributed by atoms with Gasteiger partial charge in [0.1, 0.15) is 0 Å². The summed E-state index contributed by atoms with van der Waals surface area (Å²) < 4.78 is 0. The van der Waals surface area contributed by atoms with E-state index in [0.717, 1.165) is 5.56 Å². The molecule has 2 amide bonds. The van der Waals surface area contributed by atoms with Crippen LogP contribution in [0.5, 0.6) is 0 Å². The highest BCUT2D eigenvalue weighted by atomic mass is 35.5. The summed E-state index contributed by atoms with van der Waals surface area (Å²) in [5.41, 5.74) is 6.18. The van der Waals surface area contributed by atoms with Crippen LogP contribution in [0, 0.1) is 11.8 Å². The van der Waals surface area contributed by atoms with Gasteiger partial charge in [0.2, 0.25) is 11.8 Å². The molecular weight excluding hydrogens is 311 g/mol. The topological polar surface area (TPSA) is 63.4 Å². The molecule has 0 unspecified atom stereocenters. The summed E-state index contributed by atoms with van der Waals surface area (Å²) in [7, 11) is 0. The fourth-order valence-electron chi connectivity index (χ4n) is 2.61. The number of nitrogens with zero attached hydrogens (tertiary/aromatic N) is 1. The highest BCUT2D eigenvalue weighted by Gasteiger charge is 2.31. The zero-order valence-electron chi connectivity index (χ0n) is 11.8. The Hall–Kier alpha value is -1.26. The Bertz CT molecular complexity index is 563. The SMILES string of the molecule is C[C@H](Cc1ccc(Cl)cc1Cl)C(=O)N1CC[C@@H](C(N)=O)C1. The third kappa shape index (κ3) is 3.89. The van der Waals surface area contributed by atoms with Crippen LogP contribution in [-0.2, 0) is 16.0 Å². The van der Waals surface area contributed by atoms with Gasteiger partial charge in [-0.2, -0.15) is 0 Å². The fourth-order valence-corrected chi connectivity index (χ4v) is 3.09. The van der Waals surface area contributed by atoms with Crippen molar-refractivity contribution in [2.45, 2.75) is 19.8 Å². The molecular formula is C15H18Cl2N2O2. The smallest absolute Gasteiger partial charge is 0.225 e. The Kier molecular flexibility index (Phi) is 5.12. The van der Waals surface area contributed by atoms with E-state index < -0.39 is 0 Å². The van der Waals surface area contributed by atoms with E-state index >= 15 is 0 Å². The lowest BCUT2D eigenvalue weighted by Crippen LogP contribution is -2.35. The normalized spacial score (nSPS) is 19.6. The summed E-state index contributed by atoms with van der Waals surface area (Å²) in [6.07, 6.45) is 1.20. The third-order valence-corrected chi connectivity index (χ3v) is 4.45. The minimum Gasteiger partial charge on any atom is -0.369 e. The van der Waals surface area contributed by atoms with Crippen LogP contribution in [0.3, 0.4) is 0 Å². The molecule has 1 saturated heterocycles. The number of halogens is 2. The summed E-state index contributed by atoms with van der Waals surface area (Å²) in [5.74, 6) is -0.723. The molecule has 0 aliphatic carbocycles. The van der Waals surface area contributed by atoms with Crippen LogP contribution >= 0.6 is 23.2 Å². The summed E-state index contributed by atoms with van der Waals surface area (Å²) in [6.45, 7) is 2.88. The number of hydrogen-bond donors (Lipinski definition) is 1. The van der Waals surface area contributed by atoms with Crippen LogP contribution in [0.15, 0.2) is 18.2 Å².